The SMILES string of the molecule is C[C@@H](NCc1nnc(C2CC2)n1C)c1nc(C(C)(C)C)cs1. The molecule has 2 aromatic heterocycles. The number of rotatable bonds is 5. The summed E-state index contributed by atoms with van der Waals surface area (Å²) < 4.78 is 2.14. The molecule has 0 aliphatic heterocycles. The van der Waals surface area contributed by atoms with E-state index in [9.17, 15) is 0 Å². The van der Waals surface area contributed by atoms with Crippen LogP contribution in [0.3, 0.4) is 0 Å². The molecule has 3 rings (SSSR count). The number of nitrogens with zero attached hydrogens (tertiary/aromatic N) is 4. The van der Waals surface area contributed by atoms with Crippen LogP contribution in [0.2, 0.25) is 0 Å². The maximum absolute atomic E-state index is 4.77. The lowest BCUT2D eigenvalue weighted by molar-refractivity contribution is 0.532. The molecule has 0 radical (unpaired) electrons. The number of nitrogens with one attached hydrogen (secondary N) is 1. The highest BCUT2D eigenvalue weighted by molar-refractivity contribution is 7.09. The topological polar surface area (TPSA) is 55.6 Å². The van der Waals surface area contributed by atoms with Gasteiger partial charge in [-0.05, 0) is 19.8 Å². The van der Waals surface area contributed by atoms with Gasteiger partial charge in [0.15, 0.2) is 0 Å². The first-order valence-corrected chi connectivity index (χ1v) is 8.81. The van der Waals surface area contributed by atoms with E-state index in [4.69, 9.17) is 4.98 Å². The fraction of sp³-hybridized carbons (Fsp3) is 0.688. The van der Waals surface area contributed by atoms with Gasteiger partial charge in [-0.3, -0.25) is 0 Å². The van der Waals surface area contributed by atoms with E-state index in [0.29, 0.717) is 5.92 Å². The Bertz CT molecular complexity index is 648. The predicted octanol–water partition coefficient (Wildman–Crippen LogP) is 3.30. The van der Waals surface area contributed by atoms with Crippen LogP contribution in [0.1, 0.15) is 74.8 Å². The van der Waals surface area contributed by atoms with Crippen LogP contribution in [0.5, 0.6) is 0 Å². The first-order chi connectivity index (χ1) is 10.4. The molecule has 1 fully saturated rings. The van der Waals surface area contributed by atoms with Crippen molar-refractivity contribution in [2.45, 2.75) is 64.5 Å². The van der Waals surface area contributed by atoms with Gasteiger partial charge in [-0.25, -0.2) is 4.98 Å². The average molecular weight is 319 g/mol. The Balaban J connectivity index is 1.62. The molecule has 0 spiro atoms. The molecule has 1 atom stereocenters. The molecule has 22 heavy (non-hydrogen) atoms. The van der Waals surface area contributed by atoms with Crippen LogP contribution in [0.25, 0.3) is 0 Å². The first kappa shape index (κ1) is 15.6. The Morgan fingerprint density at radius 2 is 2.09 bits per heavy atom. The summed E-state index contributed by atoms with van der Waals surface area (Å²) in [5.41, 5.74) is 1.27. The van der Waals surface area contributed by atoms with Crippen molar-refractivity contribution >= 4 is 11.3 Å². The van der Waals surface area contributed by atoms with Gasteiger partial charge < -0.3 is 9.88 Å². The van der Waals surface area contributed by atoms with E-state index in [1.54, 1.807) is 11.3 Å². The number of hydrogen-bond acceptors (Lipinski definition) is 5. The molecule has 6 heteroatoms. The Hall–Kier alpha value is -1.27. The maximum Gasteiger partial charge on any atom is 0.146 e. The number of aromatic nitrogens is 4. The lowest BCUT2D eigenvalue weighted by atomic mass is 9.93. The minimum Gasteiger partial charge on any atom is -0.317 e. The summed E-state index contributed by atoms with van der Waals surface area (Å²) in [7, 11) is 2.07. The molecule has 1 N–H and O–H groups in total. The predicted molar refractivity (Wildman–Crippen MR) is 89.0 cm³/mol. The Morgan fingerprint density at radius 3 is 2.68 bits per heavy atom. The van der Waals surface area contributed by atoms with E-state index < -0.39 is 0 Å². The molecule has 0 saturated heterocycles. The van der Waals surface area contributed by atoms with Gasteiger partial charge in [-0.2, -0.15) is 0 Å². The summed E-state index contributed by atoms with van der Waals surface area (Å²) in [6.07, 6.45) is 2.51. The quantitative estimate of drug-likeness (QED) is 0.919. The molecule has 2 aromatic rings. The lowest BCUT2D eigenvalue weighted by Gasteiger charge is -2.15. The molecular formula is C16H25N5S. The van der Waals surface area contributed by atoms with E-state index in [-0.39, 0.29) is 11.5 Å². The Kier molecular flexibility index (Phi) is 4.07. The zero-order valence-corrected chi connectivity index (χ0v) is 14.9. The molecule has 2 heterocycles. The van der Waals surface area contributed by atoms with Crippen molar-refractivity contribution in [3.05, 3.63) is 27.7 Å². The Labute approximate surface area is 136 Å². The van der Waals surface area contributed by atoms with Crippen LogP contribution >= 0.6 is 11.3 Å². The van der Waals surface area contributed by atoms with Crippen LogP contribution in [-0.2, 0) is 19.0 Å². The minimum absolute atomic E-state index is 0.108. The standard InChI is InChI=1S/C16H25N5S/c1-10(15-18-12(9-22-15)16(2,3)4)17-8-13-19-20-14(21(13)5)11-6-7-11/h9-11,17H,6-8H2,1-5H3/t10-/m1/s1. The second kappa shape index (κ2) is 5.74. The average Bonchev–Trinajstić information content (AvgIpc) is 3.02. The third-order valence-electron chi connectivity index (χ3n) is 4.17. The van der Waals surface area contributed by atoms with E-state index in [2.05, 4.69) is 60.2 Å². The van der Waals surface area contributed by atoms with E-state index in [0.717, 1.165) is 28.9 Å². The van der Waals surface area contributed by atoms with Gasteiger partial charge in [0.25, 0.3) is 0 Å². The molecule has 5 nitrogen and oxygen atoms in total. The van der Waals surface area contributed by atoms with Crippen molar-refractivity contribution in [1.29, 1.82) is 0 Å². The summed E-state index contributed by atoms with van der Waals surface area (Å²) in [6, 6.07) is 0.224. The van der Waals surface area contributed by atoms with Gasteiger partial charge >= 0.3 is 0 Å². The summed E-state index contributed by atoms with van der Waals surface area (Å²) in [6.45, 7) is 9.47. The van der Waals surface area contributed by atoms with Crippen molar-refractivity contribution in [2.24, 2.45) is 7.05 Å². The molecule has 0 unspecified atom stereocenters. The molecule has 120 valence electrons. The van der Waals surface area contributed by atoms with Gasteiger partial charge in [0.2, 0.25) is 0 Å². The van der Waals surface area contributed by atoms with Crippen molar-refractivity contribution in [3.63, 3.8) is 0 Å². The van der Waals surface area contributed by atoms with Crippen molar-refractivity contribution < 1.29 is 0 Å². The Morgan fingerprint density at radius 1 is 1.36 bits per heavy atom. The highest BCUT2D eigenvalue weighted by Crippen LogP contribution is 2.38. The van der Waals surface area contributed by atoms with Gasteiger partial charge in [0, 0.05) is 23.8 Å². The van der Waals surface area contributed by atoms with Crippen LogP contribution in [0.15, 0.2) is 5.38 Å². The third kappa shape index (κ3) is 3.22. The highest BCUT2D eigenvalue weighted by Gasteiger charge is 2.29. The molecule has 0 bridgehead atoms. The second-order valence-electron chi connectivity index (χ2n) is 7.23. The molecule has 0 amide bonds. The maximum atomic E-state index is 4.77. The van der Waals surface area contributed by atoms with Gasteiger partial charge in [0.05, 0.1) is 18.3 Å². The molecule has 1 saturated carbocycles. The summed E-state index contributed by atoms with van der Waals surface area (Å²) in [5, 5.41) is 15.5. The minimum atomic E-state index is 0.108. The normalized spacial score (nSPS) is 17.0. The van der Waals surface area contributed by atoms with Crippen molar-refractivity contribution in [2.75, 3.05) is 0 Å². The largest absolute Gasteiger partial charge is 0.317 e. The van der Waals surface area contributed by atoms with Crippen LogP contribution in [0.4, 0.5) is 0 Å². The van der Waals surface area contributed by atoms with E-state index >= 15 is 0 Å². The van der Waals surface area contributed by atoms with Crippen LogP contribution in [-0.4, -0.2) is 19.7 Å². The van der Waals surface area contributed by atoms with Gasteiger partial charge in [-0.15, -0.1) is 21.5 Å². The number of hydrogen-bond donors (Lipinski definition) is 1. The zero-order chi connectivity index (χ0) is 15.9. The summed E-state index contributed by atoms with van der Waals surface area (Å²) in [5.74, 6) is 2.77. The molecule has 0 aromatic carbocycles. The molecule has 1 aliphatic carbocycles. The lowest BCUT2D eigenvalue weighted by Crippen LogP contribution is -2.21. The van der Waals surface area contributed by atoms with E-state index in [1.165, 1.54) is 12.8 Å². The monoisotopic (exact) mass is 319 g/mol. The van der Waals surface area contributed by atoms with E-state index in [1.807, 2.05) is 0 Å². The zero-order valence-electron chi connectivity index (χ0n) is 14.1. The fourth-order valence-corrected chi connectivity index (χ4v) is 3.47. The summed E-state index contributed by atoms with van der Waals surface area (Å²) >= 11 is 1.73. The third-order valence-corrected chi connectivity index (χ3v) is 5.20. The highest BCUT2D eigenvalue weighted by atomic mass is 32.1. The van der Waals surface area contributed by atoms with Crippen LogP contribution < -0.4 is 5.32 Å². The number of thiazole rings is 1. The van der Waals surface area contributed by atoms with Gasteiger partial charge in [-0.1, -0.05) is 20.8 Å². The summed E-state index contributed by atoms with van der Waals surface area (Å²) in [4.78, 5) is 4.77. The molecular weight excluding hydrogens is 294 g/mol. The van der Waals surface area contributed by atoms with Crippen LogP contribution in [0, 0.1) is 0 Å². The van der Waals surface area contributed by atoms with Gasteiger partial charge in [0.1, 0.15) is 16.7 Å². The van der Waals surface area contributed by atoms with Crippen molar-refractivity contribution in [3.8, 4) is 0 Å². The fourth-order valence-electron chi connectivity index (χ4n) is 2.39. The smallest absolute Gasteiger partial charge is 0.146 e. The van der Waals surface area contributed by atoms with Crippen molar-refractivity contribution in [1.82, 2.24) is 25.1 Å². The first-order valence-electron chi connectivity index (χ1n) is 7.93. The molecule has 1 aliphatic rings. The second-order valence-corrected chi connectivity index (χ2v) is 8.12.